The molecular formula is C20H30N2O5. The van der Waals surface area contributed by atoms with Gasteiger partial charge in [-0.1, -0.05) is 6.07 Å². The minimum absolute atomic E-state index is 0.0177. The van der Waals surface area contributed by atoms with E-state index in [4.69, 9.17) is 14.6 Å². The van der Waals surface area contributed by atoms with Gasteiger partial charge >= 0.3 is 12.0 Å². The summed E-state index contributed by atoms with van der Waals surface area (Å²) in [4.78, 5) is 23.3. The summed E-state index contributed by atoms with van der Waals surface area (Å²) in [6.45, 7) is 5.80. The molecule has 1 aliphatic rings. The Hall–Kier alpha value is -2.44. The molecule has 0 saturated heterocycles. The van der Waals surface area contributed by atoms with Gasteiger partial charge in [-0.3, -0.25) is 4.79 Å². The van der Waals surface area contributed by atoms with Gasteiger partial charge in [0.1, 0.15) is 0 Å². The van der Waals surface area contributed by atoms with Crippen LogP contribution in [0.2, 0.25) is 0 Å². The van der Waals surface area contributed by atoms with Crippen molar-refractivity contribution < 1.29 is 24.2 Å². The van der Waals surface area contributed by atoms with Gasteiger partial charge in [0.25, 0.3) is 0 Å². The van der Waals surface area contributed by atoms with Crippen LogP contribution in [-0.4, -0.2) is 36.4 Å². The number of urea groups is 1. The first-order valence-electron chi connectivity index (χ1n) is 9.44. The van der Waals surface area contributed by atoms with E-state index in [0.29, 0.717) is 37.2 Å². The summed E-state index contributed by atoms with van der Waals surface area (Å²) >= 11 is 0. The van der Waals surface area contributed by atoms with E-state index in [1.807, 2.05) is 39.0 Å². The fourth-order valence-electron chi connectivity index (χ4n) is 3.30. The van der Waals surface area contributed by atoms with Crippen LogP contribution >= 0.6 is 0 Å². The van der Waals surface area contributed by atoms with Gasteiger partial charge < -0.3 is 25.2 Å². The Morgan fingerprint density at radius 2 is 1.78 bits per heavy atom. The van der Waals surface area contributed by atoms with Crippen molar-refractivity contribution in [2.75, 3.05) is 7.11 Å². The van der Waals surface area contributed by atoms with Crippen LogP contribution in [0.3, 0.4) is 0 Å². The third-order valence-electron chi connectivity index (χ3n) is 4.81. The van der Waals surface area contributed by atoms with Crippen molar-refractivity contribution in [3.8, 4) is 11.5 Å². The molecular weight excluding hydrogens is 348 g/mol. The monoisotopic (exact) mass is 378 g/mol. The molecule has 27 heavy (non-hydrogen) atoms. The van der Waals surface area contributed by atoms with Crippen LogP contribution in [0.1, 0.15) is 58.1 Å². The molecule has 2 rings (SSSR count). The van der Waals surface area contributed by atoms with E-state index in [0.717, 1.165) is 5.56 Å². The molecule has 1 aliphatic carbocycles. The number of nitrogens with one attached hydrogen (secondary N) is 2. The topological polar surface area (TPSA) is 96.9 Å². The largest absolute Gasteiger partial charge is 0.493 e. The van der Waals surface area contributed by atoms with Gasteiger partial charge in [0, 0.05) is 6.04 Å². The smallest absolute Gasteiger partial charge is 0.315 e. The Labute approximate surface area is 160 Å². The summed E-state index contributed by atoms with van der Waals surface area (Å²) < 4.78 is 11.1. The van der Waals surface area contributed by atoms with E-state index in [9.17, 15) is 9.59 Å². The molecule has 1 fully saturated rings. The average Bonchev–Trinajstić information content (AvgIpc) is 2.61. The number of hydrogen-bond acceptors (Lipinski definition) is 4. The predicted octanol–water partition coefficient (Wildman–Crippen LogP) is 3.49. The Morgan fingerprint density at radius 1 is 1.11 bits per heavy atom. The molecule has 0 heterocycles. The maximum atomic E-state index is 12.3. The molecule has 0 aliphatic heterocycles. The zero-order valence-corrected chi connectivity index (χ0v) is 16.5. The van der Waals surface area contributed by atoms with Crippen molar-refractivity contribution in [3.63, 3.8) is 0 Å². The molecule has 2 amide bonds. The lowest BCUT2D eigenvalue weighted by Gasteiger charge is -2.27. The van der Waals surface area contributed by atoms with Crippen molar-refractivity contribution in [1.29, 1.82) is 0 Å². The number of carbonyl (C=O) groups is 2. The highest BCUT2D eigenvalue weighted by Gasteiger charge is 2.27. The number of carboxylic acids is 1. The van der Waals surface area contributed by atoms with Gasteiger partial charge in [-0.05, 0) is 64.2 Å². The molecule has 0 spiro atoms. The Morgan fingerprint density at radius 3 is 2.33 bits per heavy atom. The third kappa shape index (κ3) is 6.05. The second-order valence-corrected chi connectivity index (χ2v) is 7.30. The van der Waals surface area contributed by atoms with Gasteiger partial charge in [-0.15, -0.1) is 0 Å². The molecule has 0 bridgehead atoms. The first-order valence-corrected chi connectivity index (χ1v) is 9.44. The summed E-state index contributed by atoms with van der Waals surface area (Å²) in [6.07, 6.45) is 2.62. The number of rotatable bonds is 7. The predicted molar refractivity (Wildman–Crippen MR) is 102 cm³/mol. The van der Waals surface area contributed by atoms with Crippen LogP contribution in [0, 0.1) is 5.92 Å². The highest BCUT2D eigenvalue weighted by atomic mass is 16.5. The second-order valence-electron chi connectivity index (χ2n) is 7.30. The molecule has 150 valence electrons. The van der Waals surface area contributed by atoms with Crippen molar-refractivity contribution in [2.45, 2.75) is 64.6 Å². The van der Waals surface area contributed by atoms with E-state index < -0.39 is 5.97 Å². The van der Waals surface area contributed by atoms with Crippen molar-refractivity contribution in [2.24, 2.45) is 5.92 Å². The van der Waals surface area contributed by atoms with E-state index >= 15 is 0 Å². The first-order chi connectivity index (χ1) is 12.8. The van der Waals surface area contributed by atoms with E-state index in [1.165, 1.54) is 0 Å². The summed E-state index contributed by atoms with van der Waals surface area (Å²) in [6, 6.07) is 5.18. The number of carboxylic acid groups (broad SMARTS) is 1. The van der Waals surface area contributed by atoms with Crippen LogP contribution in [0.4, 0.5) is 4.79 Å². The lowest BCUT2D eigenvalue weighted by atomic mass is 9.86. The molecule has 1 aromatic rings. The fourth-order valence-corrected chi connectivity index (χ4v) is 3.30. The standard InChI is InChI=1S/C20H30N2O5/c1-12(2)27-17-10-7-15(11-18(17)26-4)13(3)21-20(25)22-16-8-5-14(6-9-16)19(23)24/h7,10-14,16H,5-6,8-9H2,1-4H3,(H,23,24)(H2,21,22,25). The van der Waals surface area contributed by atoms with Crippen LogP contribution in [-0.2, 0) is 4.79 Å². The van der Waals surface area contributed by atoms with Crippen LogP contribution in [0.15, 0.2) is 18.2 Å². The maximum absolute atomic E-state index is 12.3. The number of aliphatic carboxylic acids is 1. The number of methoxy groups -OCH3 is 1. The lowest BCUT2D eigenvalue weighted by molar-refractivity contribution is -0.142. The van der Waals surface area contributed by atoms with Crippen LogP contribution < -0.4 is 20.1 Å². The maximum Gasteiger partial charge on any atom is 0.315 e. The van der Waals surface area contributed by atoms with Crippen LogP contribution in [0.5, 0.6) is 11.5 Å². The molecule has 0 aromatic heterocycles. The van der Waals surface area contributed by atoms with E-state index in [2.05, 4.69) is 10.6 Å². The van der Waals surface area contributed by atoms with Gasteiger partial charge in [-0.2, -0.15) is 0 Å². The summed E-state index contributed by atoms with van der Waals surface area (Å²) in [5.41, 5.74) is 0.910. The summed E-state index contributed by atoms with van der Waals surface area (Å²) in [5.74, 6) is 0.264. The Bertz CT molecular complexity index is 654. The Balaban J connectivity index is 1.89. The molecule has 7 nitrogen and oxygen atoms in total. The fraction of sp³-hybridized carbons (Fsp3) is 0.600. The number of ether oxygens (including phenoxy) is 2. The highest BCUT2D eigenvalue weighted by Crippen LogP contribution is 2.31. The highest BCUT2D eigenvalue weighted by molar-refractivity contribution is 5.75. The van der Waals surface area contributed by atoms with Gasteiger partial charge in [-0.25, -0.2) is 4.79 Å². The van der Waals surface area contributed by atoms with E-state index in [-0.39, 0.29) is 30.1 Å². The molecule has 3 N–H and O–H groups in total. The first kappa shape index (κ1) is 20.9. The molecule has 7 heteroatoms. The Kier molecular flexibility index (Phi) is 7.33. The second kappa shape index (κ2) is 9.48. The SMILES string of the molecule is COc1cc(C(C)NC(=O)NC2CCC(C(=O)O)CC2)ccc1OC(C)C. The molecule has 1 saturated carbocycles. The minimum Gasteiger partial charge on any atom is -0.493 e. The van der Waals surface area contributed by atoms with Gasteiger partial charge in [0.2, 0.25) is 0 Å². The quantitative estimate of drug-likeness (QED) is 0.675. The van der Waals surface area contributed by atoms with Crippen LogP contribution in [0.25, 0.3) is 0 Å². The zero-order chi connectivity index (χ0) is 20.0. The lowest BCUT2D eigenvalue weighted by Crippen LogP contribution is -2.44. The average molecular weight is 378 g/mol. The van der Waals surface area contributed by atoms with Crippen molar-refractivity contribution in [1.82, 2.24) is 10.6 Å². The number of carbonyl (C=O) groups excluding carboxylic acids is 1. The van der Waals surface area contributed by atoms with Crippen molar-refractivity contribution in [3.05, 3.63) is 23.8 Å². The summed E-state index contributed by atoms with van der Waals surface area (Å²) in [5, 5.41) is 14.9. The molecule has 1 aromatic carbocycles. The number of amides is 2. The number of hydrogen-bond donors (Lipinski definition) is 3. The zero-order valence-electron chi connectivity index (χ0n) is 16.5. The van der Waals surface area contributed by atoms with Gasteiger partial charge in [0.05, 0.1) is 25.2 Å². The summed E-state index contributed by atoms with van der Waals surface area (Å²) in [7, 11) is 1.59. The van der Waals surface area contributed by atoms with E-state index in [1.54, 1.807) is 7.11 Å². The number of benzene rings is 1. The normalized spacial score (nSPS) is 20.6. The van der Waals surface area contributed by atoms with Crippen molar-refractivity contribution >= 4 is 12.0 Å². The minimum atomic E-state index is -0.745. The molecule has 1 unspecified atom stereocenters. The molecule has 1 atom stereocenters. The molecule has 0 radical (unpaired) electrons. The third-order valence-corrected chi connectivity index (χ3v) is 4.81. The van der Waals surface area contributed by atoms with Gasteiger partial charge in [0.15, 0.2) is 11.5 Å².